The maximum Gasteiger partial charge on any atom is 0.225 e. The van der Waals surface area contributed by atoms with Crippen molar-refractivity contribution >= 4 is 21.9 Å². The summed E-state index contributed by atoms with van der Waals surface area (Å²) < 4.78 is 0. The van der Waals surface area contributed by atoms with E-state index in [2.05, 4.69) is 30.8 Å². The second-order valence-electron chi connectivity index (χ2n) is 3.75. The number of halogens is 1. The molecule has 0 amide bonds. The zero-order chi connectivity index (χ0) is 9.97. The summed E-state index contributed by atoms with van der Waals surface area (Å²) in [6.45, 7) is 4.10. The van der Waals surface area contributed by atoms with Crippen LogP contribution < -0.4 is 4.90 Å². The summed E-state index contributed by atoms with van der Waals surface area (Å²) in [6, 6.07) is 0. The third kappa shape index (κ3) is 2.23. The van der Waals surface area contributed by atoms with Crippen molar-refractivity contribution < 1.29 is 0 Å². The normalized spacial score (nSPS) is 22.4. The molecule has 1 aliphatic heterocycles. The Morgan fingerprint density at radius 2 is 2.14 bits per heavy atom. The van der Waals surface area contributed by atoms with Gasteiger partial charge in [0.15, 0.2) is 0 Å². The van der Waals surface area contributed by atoms with Gasteiger partial charge in [0.1, 0.15) is 0 Å². The van der Waals surface area contributed by atoms with Crippen molar-refractivity contribution in [3.05, 3.63) is 18.0 Å². The molecule has 76 valence electrons. The molecule has 1 aromatic rings. The van der Waals surface area contributed by atoms with E-state index < -0.39 is 0 Å². The fourth-order valence-electron chi connectivity index (χ4n) is 1.66. The van der Waals surface area contributed by atoms with Gasteiger partial charge in [-0.05, 0) is 25.3 Å². The van der Waals surface area contributed by atoms with Gasteiger partial charge in [-0.2, -0.15) is 0 Å². The molecule has 1 aliphatic rings. The third-order valence-electron chi connectivity index (χ3n) is 2.41. The molecule has 14 heavy (non-hydrogen) atoms. The summed E-state index contributed by atoms with van der Waals surface area (Å²) in [6.07, 6.45) is 6.22. The Morgan fingerprint density at radius 1 is 1.43 bits per heavy atom. The molecule has 2 heterocycles. The molecule has 3 nitrogen and oxygen atoms in total. The Labute approximate surface area is 92.7 Å². The number of nitrogens with zero attached hydrogens (tertiary/aromatic N) is 3. The van der Waals surface area contributed by atoms with Gasteiger partial charge in [0.25, 0.3) is 0 Å². The Morgan fingerprint density at radius 3 is 2.79 bits per heavy atom. The second kappa shape index (κ2) is 4.26. The van der Waals surface area contributed by atoms with Crippen LogP contribution in [0.25, 0.3) is 0 Å². The molecule has 2 rings (SSSR count). The van der Waals surface area contributed by atoms with Gasteiger partial charge < -0.3 is 4.90 Å². The van der Waals surface area contributed by atoms with Crippen LogP contribution in [-0.4, -0.2) is 27.9 Å². The Bertz CT molecular complexity index is 299. The number of anilines is 1. The SMILES string of the molecule is Cc1cnc(N2CCCC(Br)C2)nc1. The van der Waals surface area contributed by atoms with Crippen LogP contribution in [0.5, 0.6) is 0 Å². The summed E-state index contributed by atoms with van der Waals surface area (Å²) in [5, 5.41) is 0. The predicted octanol–water partition coefficient (Wildman–Crippen LogP) is 2.15. The van der Waals surface area contributed by atoms with Crippen LogP contribution >= 0.6 is 15.9 Å². The van der Waals surface area contributed by atoms with Crippen LogP contribution in [-0.2, 0) is 0 Å². The maximum absolute atomic E-state index is 4.33. The molecular weight excluding hydrogens is 242 g/mol. The highest BCUT2D eigenvalue weighted by molar-refractivity contribution is 9.09. The lowest BCUT2D eigenvalue weighted by Crippen LogP contribution is -2.36. The molecule has 0 radical (unpaired) electrons. The van der Waals surface area contributed by atoms with Crippen LogP contribution in [0, 0.1) is 6.92 Å². The average Bonchev–Trinajstić information content (AvgIpc) is 2.19. The Balaban J connectivity index is 2.10. The summed E-state index contributed by atoms with van der Waals surface area (Å²) in [5.41, 5.74) is 1.11. The standard InChI is InChI=1S/C10H14BrN3/c1-8-5-12-10(13-6-8)14-4-2-3-9(11)7-14/h5-6,9H,2-4,7H2,1H3. The topological polar surface area (TPSA) is 29.0 Å². The number of aromatic nitrogens is 2. The predicted molar refractivity (Wildman–Crippen MR) is 60.9 cm³/mol. The van der Waals surface area contributed by atoms with Crippen LogP contribution in [0.2, 0.25) is 0 Å². The van der Waals surface area contributed by atoms with Gasteiger partial charge in [-0.3, -0.25) is 0 Å². The first kappa shape index (κ1) is 9.90. The smallest absolute Gasteiger partial charge is 0.225 e. The molecule has 1 atom stereocenters. The summed E-state index contributed by atoms with van der Waals surface area (Å²) in [5.74, 6) is 0.861. The molecular formula is C10H14BrN3. The van der Waals surface area contributed by atoms with E-state index in [9.17, 15) is 0 Å². The molecule has 1 unspecified atom stereocenters. The molecule has 4 heteroatoms. The lowest BCUT2D eigenvalue weighted by molar-refractivity contribution is 0.585. The number of rotatable bonds is 1. The Hall–Kier alpha value is -0.640. The van der Waals surface area contributed by atoms with Gasteiger partial charge in [0.05, 0.1) is 0 Å². The van der Waals surface area contributed by atoms with Crippen LogP contribution in [0.1, 0.15) is 18.4 Å². The van der Waals surface area contributed by atoms with E-state index in [0.29, 0.717) is 4.83 Å². The minimum absolute atomic E-state index is 0.584. The number of hydrogen-bond donors (Lipinski definition) is 0. The van der Waals surface area contributed by atoms with Crippen molar-refractivity contribution in [2.75, 3.05) is 18.0 Å². The highest BCUT2D eigenvalue weighted by Crippen LogP contribution is 2.19. The van der Waals surface area contributed by atoms with Crippen molar-refractivity contribution in [3.8, 4) is 0 Å². The molecule has 0 N–H and O–H groups in total. The van der Waals surface area contributed by atoms with E-state index in [1.807, 2.05) is 19.3 Å². The first-order valence-corrected chi connectivity index (χ1v) is 5.85. The molecule has 1 aromatic heterocycles. The van der Waals surface area contributed by atoms with Crippen LogP contribution in [0.3, 0.4) is 0 Å². The lowest BCUT2D eigenvalue weighted by atomic mass is 10.1. The summed E-state index contributed by atoms with van der Waals surface area (Å²) >= 11 is 3.64. The molecule has 1 saturated heterocycles. The molecule has 0 spiro atoms. The first-order chi connectivity index (χ1) is 6.75. The minimum Gasteiger partial charge on any atom is -0.340 e. The van der Waals surface area contributed by atoms with Crippen LogP contribution in [0.15, 0.2) is 12.4 Å². The van der Waals surface area contributed by atoms with Crippen molar-refractivity contribution in [1.82, 2.24) is 9.97 Å². The zero-order valence-corrected chi connectivity index (χ0v) is 9.87. The monoisotopic (exact) mass is 255 g/mol. The average molecular weight is 256 g/mol. The highest BCUT2D eigenvalue weighted by atomic mass is 79.9. The Kier molecular flexibility index (Phi) is 3.01. The fourth-order valence-corrected chi connectivity index (χ4v) is 2.33. The molecule has 0 saturated carbocycles. The van der Waals surface area contributed by atoms with E-state index in [1.54, 1.807) is 0 Å². The highest BCUT2D eigenvalue weighted by Gasteiger charge is 2.19. The maximum atomic E-state index is 4.33. The largest absolute Gasteiger partial charge is 0.340 e. The molecule has 0 aromatic carbocycles. The van der Waals surface area contributed by atoms with Gasteiger partial charge in [0.2, 0.25) is 5.95 Å². The van der Waals surface area contributed by atoms with Gasteiger partial charge >= 0.3 is 0 Å². The minimum atomic E-state index is 0.584. The lowest BCUT2D eigenvalue weighted by Gasteiger charge is -2.29. The second-order valence-corrected chi connectivity index (χ2v) is 5.04. The van der Waals surface area contributed by atoms with E-state index >= 15 is 0 Å². The quantitative estimate of drug-likeness (QED) is 0.721. The van der Waals surface area contributed by atoms with E-state index in [0.717, 1.165) is 24.6 Å². The van der Waals surface area contributed by atoms with E-state index in [1.165, 1.54) is 12.8 Å². The van der Waals surface area contributed by atoms with Crippen molar-refractivity contribution in [3.63, 3.8) is 0 Å². The first-order valence-electron chi connectivity index (χ1n) is 4.93. The number of aryl methyl sites for hydroxylation is 1. The number of hydrogen-bond acceptors (Lipinski definition) is 3. The van der Waals surface area contributed by atoms with Crippen molar-refractivity contribution in [2.24, 2.45) is 0 Å². The van der Waals surface area contributed by atoms with Gasteiger partial charge in [-0.15, -0.1) is 0 Å². The third-order valence-corrected chi connectivity index (χ3v) is 3.16. The van der Waals surface area contributed by atoms with E-state index in [4.69, 9.17) is 0 Å². The van der Waals surface area contributed by atoms with E-state index in [-0.39, 0.29) is 0 Å². The summed E-state index contributed by atoms with van der Waals surface area (Å²) in [4.78, 5) is 11.5. The van der Waals surface area contributed by atoms with Crippen LogP contribution in [0.4, 0.5) is 5.95 Å². The van der Waals surface area contributed by atoms with Gasteiger partial charge in [-0.25, -0.2) is 9.97 Å². The molecule has 0 bridgehead atoms. The summed E-state index contributed by atoms with van der Waals surface area (Å²) in [7, 11) is 0. The molecule has 0 aliphatic carbocycles. The number of piperidine rings is 1. The number of alkyl halides is 1. The van der Waals surface area contributed by atoms with Crippen molar-refractivity contribution in [2.45, 2.75) is 24.6 Å². The zero-order valence-electron chi connectivity index (χ0n) is 8.28. The van der Waals surface area contributed by atoms with Crippen molar-refractivity contribution in [1.29, 1.82) is 0 Å². The van der Waals surface area contributed by atoms with Gasteiger partial charge in [-0.1, -0.05) is 15.9 Å². The fraction of sp³-hybridized carbons (Fsp3) is 0.600. The molecule has 1 fully saturated rings. The van der Waals surface area contributed by atoms with Gasteiger partial charge in [0, 0.05) is 30.3 Å².